The molecule has 140 valence electrons. The second-order valence-electron chi connectivity index (χ2n) is 6.09. The van der Waals surface area contributed by atoms with Crippen molar-refractivity contribution in [2.75, 3.05) is 23.7 Å². The van der Waals surface area contributed by atoms with Gasteiger partial charge < -0.3 is 14.2 Å². The molecule has 0 bridgehead atoms. The lowest BCUT2D eigenvalue weighted by Gasteiger charge is -2.34. The second kappa shape index (κ2) is 7.34. The summed E-state index contributed by atoms with van der Waals surface area (Å²) in [4.78, 5) is 15.9. The third-order valence-corrected chi connectivity index (χ3v) is 5.54. The minimum absolute atomic E-state index is 0.126. The number of aryl methyl sites for hydroxylation is 1. The van der Waals surface area contributed by atoms with Crippen LogP contribution in [0, 0.1) is 0 Å². The molecule has 0 N–H and O–H groups in total. The SMILES string of the molecule is CCN1C(=O)C(=C2CCc3ccccc3N2CCCS(=O)(=O)[O-])OC1=S. The number of ether oxygens (including phenoxy) is 1. The monoisotopic (exact) mass is 395 g/mol. The molecular formula is C17H19N2O5S2-. The Bertz CT molecular complexity index is 879. The standard InChI is InChI=1S/C17H20N2O5S2/c1-2-18-16(20)15(24-17(18)25)14-9-8-12-6-3-4-7-13(12)19(14)10-5-11-26(21,22)23/h3-4,6-7H,2,5,8-11H2,1H3,(H,21,22,23)/p-1. The fourth-order valence-electron chi connectivity index (χ4n) is 3.26. The molecule has 2 aliphatic heterocycles. The molecule has 1 aromatic carbocycles. The number of amides is 1. The third-order valence-electron chi connectivity index (χ3n) is 4.44. The zero-order chi connectivity index (χ0) is 18.9. The van der Waals surface area contributed by atoms with Crippen molar-refractivity contribution in [1.82, 2.24) is 4.90 Å². The second-order valence-corrected chi connectivity index (χ2v) is 7.96. The van der Waals surface area contributed by atoms with Gasteiger partial charge in [-0.1, -0.05) is 18.2 Å². The van der Waals surface area contributed by atoms with E-state index in [1.54, 1.807) is 0 Å². The summed E-state index contributed by atoms with van der Waals surface area (Å²) in [5, 5.41) is 0.126. The van der Waals surface area contributed by atoms with Crippen LogP contribution < -0.4 is 4.90 Å². The highest BCUT2D eigenvalue weighted by Gasteiger charge is 2.37. The summed E-state index contributed by atoms with van der Waals surface area (Å²) in [6, 6.07) is 7.72. The van der Waals surface area contributed by atoms with Gasteiger partial charge in [-0.15, -0.1) is 0 Å². The summed E-state index contributed by atoms with van der Waals surface area (Å²) in [7, 11) is -4.29. The van der Waals surface area contributed by atoms with Gasteiger partial charge in [-0.25, -0.2) is 8.42 Å². The molecule has 0 spiro atoms. The summed E-state index contributed by atoms with van der Waals surface area (Å²) in [5.41, 5.74) is 2.67. The van der Waals surface area contributed by atoms with Crippen LogP contribution in [0.4, 0.5) is 5.69 Å². The van der Waals surface area contributed by atoms with Crippen molar-refractivity contribution in [3.63, 3.8) is 0 Å². The summed E-state index contributed by atoms with van der Waals surface area (Å²) in [6.07, 6.45) is 1.47. The van der Waals surface area contributed by atoms with Crippen molar-refractivity contribution >= 4 is 39.1 Å². The number of thiocarbonyl (C=S) groups is 1. The van der Waals surface area contributed by atoms with E-state index in [-0.39, 0.29) is 23.3 Å². The van der Waals surface area contributed by atoms with Gasteiger partial charge >= 0.3 is 0 Å². The molecule has 26 heavy (non-hydrogen) atoms. The number of rotatable bonds is 5. The minimum Gasteiger partial charge on any atom is -0.748 e. The van der Waals surface area contributed by atoms with Crippen molar-refractivity contribution < 1.29 is 22.5 Å². The van der Waals surface area contributed by atoms with Gasteiger partial charge in [0.15, 0.2) is 0 Å². The molecule has 1 saturated heterocycles. The molecule has 0 saturated carbocycles. The Morgan fingerprint density at radius 1 is 1.23 bits per heavy atom. The minimum atomic E-state index is -4.29. The first-order valence-electron chi connectivity index (χ1n) is 8.37. The topological polar surface area (TPSA) is 90.0 Å². The first-order chi connectivity index (χ1) is 12.3. The van der Waals surface area contributed by atoms with Gasteiger partial charge in [0, 0.05) is 24.5 Å². The first-order valence-corrected chi connectivity index (χ1v) is 10.4. The number of fused-ring (bicyclic) bond motifs is 1. The van der Waals surface area contributed by atoms with Crippen molar-refractivity contribution in [2.24, 2.45) is 0 Å². The highest BCUT2D eigenvalue weighted by atomic mass is 32.2. The molecule has 0 atom stereocenters. The number of likely N-dealkylation sites (N-methyl/N-ethyl adjacent to an activating group) is 1. The Hall–Kier alpha value is -1.97. The summed E-state index contributed by atoms with van der Waals surface area (Å²) < 4.78 is 38.4. The maximum Gasteiger partial charge on any atom is 0.298 e. The number of anilines is 1. The van der Waals surface area contributed by atoms with Crippen LogP contribution in [0.15, 0.2) is 35.7 Å². The molecule has 2 aliphatic rings. The van der Waals surface area contributed by atoms with Crippen LogP contribution in [0.1, 0.15) is 25.3 Å². The van der Waals surface area contributed by atoms with Crippen LogP contribution in [0.2, 0.25) is 0 Å². The van der Waals surface area contributed by atoms with E-state index in [9.17, 15) is 17.8 Å². The van der Waals surface area contributed by atoms with Crippen molar-refractivity contribution in [3.8, 4) is 0 Å². The van der Waals surface area contributed by atoms with Gasteiger partial charge in [0.1, 0.15) is 0 Å². The lowest BCUT2D eigenvalue weighted by Crippen LogP contribution is -2.33. The van der Waals surface area contributed by atoms with Gasteiger partial charge in [-0.2, -0.15) is 0 Å². The molecule has 0 aliphatic carbocycles. The number of allylic oxidation sites excluding steroid dienone is 1. The van der Waals surface area contributed by atoms with Crippen molar-refractivity contribution in [2.45, 2.75) is 26.2 Å². The molecule has 1 amide bonds. The molecule has 3 rings (SSSR count). The summed E-state index contributed by atoms with van der Waals surface area (Å²) in [6.45, 7) is 2.53. The first kappa shape index (κ1) is 18.8. The number of carbonyl (C=O) groups excluding carboxylic acids is 1. The largest absolute Gasteiger partial charge is 0.748 e. The molecule has 0 radical (unpaired) electrons. The van der Waals surface area contributed by atoms with Gasteiger partial charge in [0.2, 0.25) is 5.76 Å². The number of benzene rings is 1. The average molecular weight is 395 g/mol. The highest BCUT2D eigenvalue weighted by molar-refractivity contribution is 7.85. The van der Waals surface area contributed by atoms with Gasteiger partial charge in [-0.05, 0) is 50.0 Å². The number of hydrogen-bond acceptors (Lipinski definition) is 7. The van der Waals surface area contributed by atoms with Crippen LogP contribution in [0.3, 0.4) is 0 Å². The normalized spacial score (nSPS) is 20.4. The molecule has 2 heterocycles. The predicted octanol–water partition coefficient (Wildman–Crippen LogP) is 1.75. The Kier molecular flexibility index (Phi) is 5.31. The third kappa shape index (κ3) is 3.74. The van der Waals surface area contributed by atoms with E-state index in [2.05, 4.69) is 0 Å². The van der Waals surface area contributed by atoms with Crippen molar-refractivity contribution in [1.29, 1.82) is 0 Å². The Morgan fingerprint density at radius 2 is 1.96 bits per heavy atom. The highest BCUT2D eigenvalue weighted by Crippen LogP contribution is 2.36. The van der Waals surface area contributed by atoms with Gasteiger partial charge in [-0.3, -0.25) is 9.69 Å². The number of hydrogen-bond donors (Lipinski definition) is 0. The fraction of sp³-hybridized carbons (Fsp3) is 0.412. The average Bonchev–Trinajstić information content (AvgIpc) is 2.87. The van der Waals surface area contributed by atoms with E-state index in [1.807, 2.05) is 36.1 Å². The van der Waals surface area contributed by atoms with Crippen LogP contribution >= 0.6 is 12.2 Å². The van der Waals surface area contributed by atoms with Gasteiger partial charge in [0.25, 0.3) is 11.1 Å². The zero-order valence-corrected chi connectivity index (χ0v) is 15.9. The lowest BCUT2D eigenvalue weighted by molar-refractivity contribution is -0.122. The number of para-hydroxylation sites is 1. The fourth-order valence-corrected chi connectivity index (χ4v) is 4.03. The Balaban J connectivity index is 1.97. The van der Waals surface area contributed by atoms with E-state index >= 15 is 0 Å². The van der Waals surface area contributed by atoms with E-state index in [1.165, 1.54) is 4.90 Å². The molecule has 7 nitrogen and oxygen atoms in total. The maximum atomic E-state index is 12.6. The van der Waals surface area contributed by atoms with Crippen LogP contribution in [0.25, 0.3) is 0 Å². The predicted molar refractivity (Wildman–Crippen MR) is 99.4 cm³/mol. The Morgan fingerprint density at radius 3 is 2.62 bits per heavy atom. The van der Waals surface area contributed by atoms with Crippen molar-refractivity contribution in [3.05, 3.63) is 41.3 Å². The quantitative estimate of drug-likeness (QED) is 0.426. The molecule has 0 unspecified atom stereocenters. The molecule has 9 heteroatoms. The Labute approximate surface area is 158 Å². The maximum absolute atomic E-state index is 12.6. The lowest BCUT2D eigenvalue weighted by atomic mass is 9.98. The van der Waals surface area contributed by atoms with Gasteiger partial charge in [0.05, 0.1) is 15.8 Å². The summed E-state index contributed by atoms with van der Waals surface area (Å²) in [5.74, 6) is -0.549. The smallest absolute Gasteiger partial charge is 0.298 e. The molecular weight excluding hydrogens is 376 g/mol. The molecule has 0 aromatic heterocycles. The van der Waals surface area contributed by atoms with Crippen LogP contribution in [-0.4, -0.2) is 47.8 Å². The number of nitrogens with zero attached hydrogens (tertiary/aromatic N) is 2. The van der Waals surface area contributed by atoms with Crippen LogP contribution in [-0.2, 0) is 26.1 Å². The molecule has 1 aromatic rings. The van der Waals surface area contributed by atoms with E-state index in [4.69, 9.17) is 17.0 Å². The van der Waals surface area contributed by atoms with E-state index in [0.717, 1.165) is 17.7 Å². The van der Waals surface area contributed by atoms with Crippen LogP contribution in [0.5, 0.6) is 0 Å². The number of carbonyl (C=O) groups is 1. The summed E-state index contributed by atoms with van der Waals surface area (Å²) >= 11 is 5.13. The van der Waals surface area contributed by atoms with E-state index in [0.29, 0.717) is 25.2 Å². The molecule has 1 fully saturated rings. The van der Waals surface area contributed by atoms with E-state index < -0.39 is 15.9 Å². The zero-order valence-electron chi connectivity index (χ0n) is 14.3.